The lowest BCUT2D eigenvalue weighted by molar-refractivity contribution is -0.124. The Hall–Kier alpha value is -2.62. The van der Waals surface area contributed by atoms with Crippen LogP contribution < -0.4 is 10.6 Å². The molecule has 2 atom stereocenters. The van der Waals surface area contributed by atoms with Gasteiger partial charge in [-0.2, -0.15) is 0 Å². The summed E-state index contributed by atoms with van der Waals surface area (Å²) < 4.78 is 0. The maximum Gasteiger partial charge on any atom is 0.251 e. The molecule has 0 bridgehead atoms. The molecule has 1 aliphatic rings. The van der Waals surface area contributed by atoms with Crippen molar-refractivity contribution in [2.75, 3.05) is 0 Å². The van der Waals surface area contributed by atoms with Crippen LogP contribution in [0.3, 0.4) is 0 Å². The van der Waals surface area contributed by atoms with E-state index in [4.69, 9.17) is 0 Å². The van der Waals surface area contributed by atoms with E-state index in [0.29, 0.717) is 5.56 Å². The van der Waals surface area contributed by atoms with Gasteiger partial charge in [-0.05, 0) is 59.4 Å². The van der Waals surface area contributed by atoms with Crippen LogP contribution in [-0.4, -0.2) is 17.9 Å². The van der Waals surface area contributed by atoms with E-state index in [1.54, 1.807) is 0 Å². The van der Waals surface area contributed by atoms with Crippen molar-refractivity contribution >= 4 is 11.8 Å². The van der Waals surface area contributed by atoms with Crippen molar-refractivity contribution in [3.63, 3.8) is 0 Å². The lowest BCUT2D eigenvalue weighted by atomic mass is 9.86. The molecule has 0 aliphatic heterocycles. The van der Waals surface area contributed by atoms with Crippen molar-refractivity contribution in [2.45, 2.75) is 71.4 Å². The van der Waals surface area contributed by atoms with E-state index in [2.05, 4.69) is 43.5 Å². The Bertz CT molecular complexity index is 894. The third-order valence-electron chi connectivity index (χ3n) is 5.93. The maximum atomic E-state index is 13.1. The second-order valence-electron chi connectivity index (χ2n) is 9.67. The summed E-state index contributed by atoms with van der Waals surface area (Å²) in [5.74, 6) is -0.346. The standard InChI is InChI=1S/C26H34N2O2/c1-17(2)23(28-24(29)19-13-15-20(16-14-19)26(3,4)5)25(30)27-22-12-8-10-18-9-6-7-11-21(18)22/h6-7,9,11,13-17,22-23H,8,10,12H2,1-5H3,(H,27,30)(H,28,29)/t22-,23+/m1/s1. The molecular formula is C26H34N2O2. The maximum absolute atomic E-state index is 13.1. The molecule has 0 saturated heterocycles. The molecule has 3 rings (SSSR count). The van der Waals surface area contributed by atoms with Crippen molar-refractivity contribution in [3.05, 3.63) is 70.8 Å². The van der Waals surface area contributed by atoms with Gasteiger partial charge in [0.05, 0.1) is 6.04 Å². The highest BCUT2D eigenvalue weighted by Crippen LogP contribution is 2.29. The van der Waals surface area contributed by atoms with Gasteiger partial charge in [0.2, 0.25) is 5.91 Å². The Kier molecular flexibility index (Phi) is 6.64. The highest BCUT2D eigenvalue weighted by molar-refractivity contribution is 5.97. The summed E-state index contributed by atoms with van der Waals surface area (Å²) in [6.07, 6.45) is 3.04. The quantitative estimate of drug-likeness (QED) is 0.739. The van der Waals surface area contributed by atoms with Crippen molar-refractivity contribution < 1.29 is 9.59 Å². The average Bonchev–Trinajstić information content (AvgIpc) is 2.71. The first-order valence-electron chi connectivity index (χ1n) is 11.0. The van der Waals surface area contributed by atoms with Crippen LogP contribution in [0.4, 0.5) is 0 Å². The van der Waals surface area contributed by atoms with Crippen LogP contribution in [-0.2, 0) is 16.6 Å². The summed E-state index contributed by atoms with van der Waals surface area (Å²) in [6, 6.07) is 15.4. The molecule has 0 heterocycles. The van der Waals surface area contributed by atoms with Crippen LogP contribution in [0.1, 0.15) is 80.6 Å². The minimum Gasteiger partial charge on any atom is -0.347 e. The topological polar surface area (TPSA) is 58.2 Å². The normalized spacial score (nSPS) is 17.2. The molecule has 160 valence electrons. The van der Waals surface area contributed by atoms with Gasteiger partial charge in [-0.3, -0.25) is 9.59 Å². The number of fused-ring (bicyclic) bond motifs is 1. The number of nitrogens with one attached hydrogen (secondary N) is 2. The molecule has 30 heavy (non-hydrogen) atoms. The second-order valence-corrected chi connectivity index (χ2v) is 9.67. The van der Waals surface area contributed by atoms with Gasteiger partial charge < -0.3 is 10.6 Å². The summed E-state index contributed by atoms with van der Waals surface area (Å²) in [5.41, 5.74) is 4.28. The van der Waals surface area contributed by atoms with Crippen LogP contribution in [0.15, 0.2) is 48.5 Å². The number of hydrogen-bond donors (Lipinski definition) is 2. The molecule has 4 nitrogen and oxygen atoms in total. The van der Waals surface area contributed by atoms with Crippen LogP contribution in [0.25, 0.3) is 0 Å². The average molecular weight is 407 g/mol. The lowest BCUT2D eigenvalue weighted by Gasteiger charge is -2.29. The van der Waals surface area contributed by atoms with E-state index in [9.17, 15) is 9.59 Å². The Morgan fingerprint density at radius 3 is 2.30 bits per heavy atom. The summed E-state index contributed by atoms with van der Waals surface area (Å²) in [6.45, 7) is 10.4. The van der Waals surface area contributed by atoms with Crippen molar-refractivity contribution in [2.24, 2.45) is 5.92 Å². The summed E-state index contributed by atoms with van der Waals surface area (Å²) in [7, 11) is 0. The predicted molar refractivity (Wildman–Crippen MR) is 121 cm³/mol. The largest absolute Gasteiger partial charge is 0.347 e. The zero-order valence-corrected chi connectivity index (χ0v) is 18.8. The van der Waals surface area contributed by atoms with E-state index in [0.717, 1.165) is 19.3 Å². The van der Waals surface area contributed by atoms with Gasteiger partial charge in [0, 0.05) is 5.56 Å². The number of amides is 2. The van der Waals surface area contributed by atoms with Crippen molar-refractivity contribution in [1.82, 2.24) is 10.6 Å². The summed E-state index contributed by atoms with van der Waals surface area (Å²) in [4.78, 5) is 25.9. The SMILES string of the molecule is CC(C)[C@H](NC(=O)c1ccc(C(C)(C)C)cc1)C(=O)N[C@@H]1CCCc2ccccc21. The number of benzene rings is 2. The van der Waals surface area contributed by atoms with Gasteiger partial charge in [-0.25, -0.2) is 0 Å². The molecule has 0 unspecified atom stereocenters. The van der Waals surface area contributed by atoms with E-state index in [1.165, 1.54) is 16.7 Å². The third-order valence-corrected chi connectivity index (χ3v) is 5.93. The first-order valence-corrected chi connectivity index (χ1v) is 11.0. The number of carbonyl (C=O) groups excluding carboxylic acids is 2. The van der Waals surface area contributed by atoms with E-state index >= 15 is 0 Å². The molecule has 4 heteroatoms. The summed E-state index contributed by atoms with van der Waals surface area (Å²) in [5, 5.41) is 6.14. The third kappa shape index (κ3) is 5.10. The molecule has 2 amide bonds. The number of aryl methyl sites for hydroxylation is 1. The van der Waals surface area contributed by atoms with Gasteiger partial charge in [-0.15, -0.1) is 0 Å². The van der Waals surface area contributed by atoms with E-state index in [1.807, 2.05) is 50.2 Å². The molecule has 1 aliphatic carbocycles. The first-order chi connectivity index (χ1) is 14.2. The number of rotatable bonds is 5. The molecule has 2 N–H and O–H groups in total. The minimum absolute atomic E-state index is 0.00618. The molecule has 2 aromatic carbocycles. The lowest BCUT2D eigenvalue weighted by Crippen LogP contribution is -2.50. The molecular weight excluding hydrogens is 372 g/mol. The Balaban J connectivity index is 1.70. The fourth-order valence-electron chi connectivity index (χ4n) is 4.05. The zero-order chi connectivity index (χ0) is 21.9. The molecule has 0 aromatic heterocycles. The molecule has 0 spiro atoms. The summed E-state index contributed by atoms with van der Waals surface area (Å²) >= 11 is 0. The molecule has 0 fully saturated rings. The molecule has 0 saturated carbocycles. The smallest absolute Gasteiger partial charge is 0.251 e. The fourth-order valence-corrected chi connectivity index (χ4v) is 4.05. The van der Waals surface area contributed by atoms with E-state index in [-0.39, 0.29) is 29.2 Å². The Morgan fingerprint density at radius 2 is 1.67 bits per heavy atom. The van der Waals surface area contributed by atoms with Gasteiger partial charge in [0.15, 0.2) is 0 Å². The van der Waals surface area contributed by atoms with Crippen molar-refractivity contribution in [1.29, 1.82) is 0 Å². The molecule has 0 radical (unpaired) electrons. The monoisotopic (exact) mass is 406 g/mol. The number of carbonyl (C=O) groups is 2. The first kappa shape index (κ1) is 22.1. The zero-order valence-electron chi connectivity index (χ0n) is 18.8. The number of hydrogen-bond acceptors (Lipinski definition) is 2. The van der Waals surface area contributed by atoms with Crippen LogP contribution in [0, 0.1) is 5.92 Å². The van der Waals surface area contributed by atoms with Crippen LogP contribution in [0.5, 0.6) is 0 Å². The Morgan fingerprint density at radius 1 is 1.00 bits per heavy atom. The second kappa shape index (κ2) is 9.03. The van der Waals surface area contributed by atoms with Gasteiger partial charge in [-0.1, -0.05) is 71.0 Å². The predicted octanol–water partition coefficient (Wildman–Crippen LogP) is 4.93. The molecule has 2 aromatic rings. The van der Waals surface area contributed by atoms with Crippen LogP contribution in [0.2, 0.25) is 0 Å². The fraction of sp³-hybridized carbons (Fsp3) is 0.462. The van der Waals surface area contributed by atoms with E-state index < -0.39 is 6.04 Å². The van der Waals surface area contributed by atoms with Gasteiger partial charge in [0.25, 0.3) is 5.91 Å². The van der Waals surface area contributed by atoms with Gasteiger partial charge >= 0.3 is 0 Å². The highest BCUT2D eigenvalue weighted by atomic mass is 16.2. The van der Waals surface area contributed by atoms with Crippen LogP contribution >= 0.6 is 0 Å². The van der Waals surface area contributed by atoms with Crippen molar-refractivity contribution in [3.8, 4) is 0 Å². The highest BCUT2D eigenvalue weighted by Gasteiger charge is 2.29. The Labute approximate surface area is 180 Å². The van der Waals surface area contributed by atoms with Gasteiger partial charge in [0.1, 0.15) is 6.04 Å². The minimum atomic E-state index is -0.575.